The van der Waals surface area contributed by atoms with Gasteiger partial charge in [0.25, 0.3) is 5.91 Å². The van der Waals surface area contributed by atoms with Crippen molar-refractivity contribution in [3.63, 3.8) is 0 Å². The Morgan fingerprint density at radius 3 is 2.71 bits per heavy atom. The molecule has 28 heavy (non-hydrogen) atoms. The van der Waals surface area contributed by atoms with Crippen LogP contribution in [0.2, 0.25) is 0 Å². The predicted molar refractivity (Wildman–Crippen MR) is 102 cm³/mol. The third-order valence-corrected chi connectivity index (χ3v) is 4.39. The van der Waals surface area contributed by atoms with E-state index in [0.29, 0.717) is 30.4 Å². The van der Waals surface area contributed by atoms with Crippen LogP contribution in [0.4, 0.5) is 5.69 Å². The van der Waals surface area contributed by atoms with E-state index in [1.165, 1.54) is 10.9 Å². The van der Waals surface area contributed by atoms with Crippen LogP contribution >= 0.6 is 0 Å². The lowest BCUT2D eigenvalue weighted by molar-refractivity contribution is 0.102. The molecule has 0 saturated heterocycles. The zero-order chi connectivity index (χ0) is 19.5. The number of rotatable bonds is 5. The summed E-state index contributed by atoms with van der Waals surface area (Å²) in [7, 11) is 0. The predicted octanol–water partition coefficient (Wildman–Crippen LogP) is 2.34. The molecule has 0 radical (unpaired) electrons. The van der Waals surface area contributed by atoms with Crippen LogP contribution in [-0.2, 0) is 6.54 Å². The van der Waals surface area contributed by atoms with Gasteiger partial charge >= 0.3 is 0 Å². The Morgan fingerprint density at radius 2 is 1.93 bits per heavy atom. The summed E-state index contributed by atoms with van der Waals surface area (Å²) in [6.45, 7) is 3.17. The number of nitrogens with one attached hydrogen (secondary N) is 1. The summed E-state index contributed by atoms with van der Waals surface area (Å²) in [5.41, 5.74) is 2.63. The minimum absolute atomic E-state index is 0.158. The maximum Gasteiger partial charge on any atom is 0.277 e. The molecule has 0 saturated carbocycles. The number of carbonyl (C=O) groups excluding carboxylic acids is 1. The molecular weight excluding hydrogens is 360 g/mol. The highest BCUT2D eigenvalue weighted by Gasteiger charge is 2.16. The molecule has 2 N–H and O–H groups in total. The van der Waals surface area contributed by atoms with Crippen molar-refractivity contribution in [2.45, 2.75) is 19.6 Å². The number of anilines is 1. The Kier molecular flexibility index (Phi) is 4.94. The highest BCUT2D eigenvalue weighted by molar-refractivity contribution is 6.02. The average Bonchev–Trinajstić information content (AvgIpc) is 3.17. The second kappa shape index (κ2) is 7.69. The smallest absolute Gasteiger partial charge is 0.277 e. The number of hydrogen-bond donors (Lipinski definition) is 2. The SMILES string of the molecule is Cc1ccc([C@H](O)Cn2cc(C(=O)Nc3ccc4c(c3)OCCO4)nn2)cc1. The van der Waals surface area contributed by atoms with Gasteiger partial charge < -0.3 is 19.9 Å². The summed E-state index contributed by atoms with van der Waals surface area (Å²) in [6, 6.07) is 12.8. The summed E-state index contributed by atoms with van der Waals surface area (Å²) in [6.07, 6.45) is 0.765. The Bertz CT molecular complexity index is 984. The van der Waals surface area contributed by atoms with Crippen LogP contribution in [0.3, 0.4) is 0 Å². The molecule has 144 valence electrons. The quantitative estimate of drug-likeness (QED) is 0.705. The molecular formula is C20H20N4O4. The molecule has 1 aromatic heterocycles. The van der Waals surface area contributed by atoms with Gasteiger partial charge in [0.2, 0.25) is 0 Å². The minimum atomic E-state index is -0.740. The van der Waals surface area contributed by atoms with Gasteiger partial charge in [-0.3, -0.25) is 4.79 Å². The Labute approximate surface area is 161 Å². The number of carbonyl (C=O) groups is 1. The Hall–Kier alpha value is -3.39. The number of ether oxygens (including phenoxy) is 2. The van der Waals surface area contributed by atoms with Gasteiger partial charge in [-0.1, -0.05) is 35.0 Å². The number of amides is 1. The maximum absolute atomic E-state index is 12.4. The standard InChI is InChI=1S/C20H20N4O4/c1-13-2-4-14(5-3-13)17(25)12-24-11-16(22-23-24)20(26)21-15-6-7-18-19(10-15)28-9-8-27-18/h2-7,10-11,17,25H,8-9,12H2,1H3,(H,21,26)/t17-/m1/s1. The zero-order valence-corrected chi connectivity index (χ0v) is 15.3. The monoisotopic (exact) mass is 380 g/mol. The molecule has 0 aliphatic carbocycles. The number of aliphatic hydroxyl groups is 1. The second-order valence-corrected chi connectivity index (χ2v) is 6.56. The van der Waals surface area contributed by atoms with Crippen molar-refractivity contribution in [3.05, 3.63) is 65.5 Å². The van der Waals surface area contributed by atoms with Crippen LogP contribution in [-0.4, -0.2) is 39.2 Å². The molecule has 0 bridgehead atoms. The Balaban J connectivity index is 1.40. The van der Waals surface area contributed by atoms with Crippen LogP contribution < -0.4 is 14.8 Å². The first kappa shape index (κ1) is 18.0. The van der Waals surface area contributed by atoms with E-state index < -0.39 is 12.0 Å². The number of hydrogen-bond acceptors (Lipinski definition) is 6. The van der Waals surface area contributed by atoms with Crippen LogP contribution in [0.1, 0.15) is 27.7 Å². The number of aromatic nitrogens is 3. The number of benzene rings is 2. The van der Waals surface area contributed by atoms with Gasteiger partial charge in [0, 0.05) is 11.8 Å². The number of aliphatic hydroxyl groups excluding tert-OH is 1. The fraction of sp³-hybridized carbons (Fsp3) is 0.250. The van der Waals surface area contributed by atoms with E-state index in [1.54, 1.807) is 18.2 Å². The molecule has 1 aliphatic rings. The van der Waals surface area contributed by atoms with E-state index in [4.69, 9.17) is 9.47 Å². The number of nitrogens with zero attached hydrogens (tertiary/aromatic N) is 3. The molecule has 4 rings (SSSR count). The van der Waals surface area contributed by atoms with Gasteiger partial charge in [0.05, 0.1) is 18.8 Å². The van der Waals surface area contributed by atoms with Crippen molar-refractivity contribution in [3.8, 4) is 11.5 Å². The summed E-state index contributed by atoms with van der Waals surface area (Å²) in [4.78, 5) is 12.4. The van der Waals surface area contributed by atoms with E-state index in [-0.39, 0.29) is 12.2 Å². The van der Waals surface area contributed by atoms with Crippen molar-refractivity contribution < 1.29 is 19.4 Å². The van der Waals surface area contributed by atoms with Crippen LogP contribution in [0.5, 0.6) is 11.5 Å². The van der Waals surface area contributed by atoms with Crippen molar-refractivity contribution in [1.82, 2.24) is 15.0 Å². The summed E-state index contributed by atoms with van der Waals surface area (Å²) in [5, 5.41) is 20.9. The molecule has 0 fully saturated rings. The first-order valence-electron chi connectivity index (χ1n) is 8.94. The molecule has 3 aromatic rings. The molecule has 1 atom stereocenters. The van der Waals surface area contributed by atoms with Gasteiger partial charge in [0.15, 0.2) is 17.2 Å². The van der Waals surface area contributed by atoms with Gasteiger partial charge in [0.1, 0.15) is 13.2 Å². The van der Waals surface area contributed by atoms with E-state index in [2.05, 4.69) is 15.6 Å². The summed E-state index contributed by atoms with van der Waals surface area (Å²) < 4.78 is 12.4. The zero-order valence-electron chi connectivity index (χ0n) is 15.3. The number of aryl methyl sites for hydroxylation is 1. The molecule has 8 nitrogen and oxygen atoms in total. The van der Waals surface area contributed by atoms with E-state index >= 15 is 0 Å². The van der Waals surface area contributed by atoms with E-state index in [0.717, 1.165) is 11.1 Å². The number of fused-ring (bicyclic) bond motifs is 1. The minimum Gasteiger partial charge on any atom is -0.486 e. The fourth-order valence-corrected chi connectivity index (χ4v) is 2.88. The fourth-order valence-electron chi connectivity index (χ4n) is 2.88. The molecule has 2 aromatic carbocycles. The topological polar surface area (TPSA) is 98.5 Å². The highest BCUT2D eigenvalue weighted by atomic mass is 16.6. The van der Waals surface area contributed by atoms with E-state index in [1.807, 2.05) is 31.2 Å². The van der Waals surface area contributed by atoms with Crippen molar-refractivity contribution in [2.75, 3.05) is 18.5 Å². The van der Waals surface area contributed by atoms with Crippen LogP contribution in [0.15, 0.2) is 48.7 Å². The largest absolute Gasteiger partial charge is 0.486 e. The highest BCUT2D eigenvalue weighted by Crippen LogP contribution is 2.32. The third-order valence-electron chi connectivity index (χ3n) is 4.39. The Morgan fingerprint density at radius 1 is 1.18 bits per heavy atom. The van der Waals surface area contributed by atoms with Crippen molar-refractivity contribution in [2.24, 2.45) is 0 Å². The first-order chi connectivity index (χ1) is 13.6. The summed E-state index contributed by atoms with van der Waals surface area (Å²) >= 11 is 0. The second-order valence-electron chi connectivity index (χ2n) is 6.56. The van der Waals surface area contributed by atoms with Gasteiger partial charge in [-0.2, -0.15) is 0 Å². The normalized spacial score (nSPS) is 13.8. The van der Waals surface area contributed by atoms with Crippen molar-refractivity contribution >= 4 is 11.6 Å². The lowest BCUT2D eigenvalue weighted by Gasteiger charge is -2.18. The molecule has 0 unspecified atom stereocenters. The molecule has 1 aliphatic heterocycles. The van der Waals surface area contributed by atoms with Gasteiger partial charge in [-0.15, -0.1) is 5.10 Å². The third kappa shape index (κ3) is 3.96. The van der Waals surface area contributed by atoms with Gasteiger partial charge in [-0.25, -0.2) is 4.68 Å². The van der Waals surface area contributed by atoms with Crippen molar-refractivity contribution in [1.29, 1.82) is 0 Å². The van der Waals surface area contributed by atoms with E-state index in [9.17, 15) is 9.90 Å². The van der Waals surface area contributed by atoms with Gasteiger partial charge in [-0.05, 0) is 24.6 Å². The molecule has 2 heterocycles. The summed E-state index contributed by atoms with van der Waals surface area (Å²) in [5.74, 6) is 0.849. The average molecular weight is 380 g/mol. The molecule has 8 heteroatoms. The molecule has 1 amide bonds. The van der Waals surface area contributed by atoms with Crippen LogP contribution in [0, 0.1) is 6.92 Å². The maximum atomic E-state index is 12.4. The lowest BCUT2D eigenvalue weighted by Crippen LogP contribution is -2.16. The molecule has 0 spiro atoms. The first-order valence-corrected chi connectivity index (χ1v) is 8.94. The van der Waals surface area contributed by atoms with Crippen LogP contribution in [0.25, 0.3) is 0 Å². The lowest BCUT2D eigenvalue weighted by atomic mass is 10.1.